The molecule has 0 rings (SSSR count). The first-order valence-corrected chi connectivity index (χ1v) is 1.57. The van der Waals surface area contributed by atoms with E-state index in [-0.39, 0.29) is 63.3 Å². The van der Waals surface area contributed by atoms with Crippen LogP contribution in [0.5, 0.6) is 0 Å². The van der Waals surface area contributed by atoms with Crippen LogP contribution in [0.1, 0.15) is 0 Å². The van der Waals surface area contributed by atoms with E-state index in [9.17, 15) is 0 Å². The van der Waals surface area contributed by atoms with Gasteiger partial charge >= 0.3 is 58.2 Å². The van der Waals surface area contributed by atoms with Gasteiger partial charge in [0.1, 0.15) is 0 Å². The van der Waals surface area contributed by atoms with Crippen LogP contribution in [0.4, 0.5) is 0 Å². The van der Waals surface area contributed by atoms with Gasteiger partial charge in [-0.1, -0.05) is 19.3 Å². The Balaban J connectivity index is 0. The van der Waals surface area contributed by atoms with E-state index in [1.165, 1.54) is 0 Å². The van der Waals surface area contributed by atoms with Crippen molar-refractivity contribution in [3.63, 3.8) is 0 Å². The summed E-state index contributed by atoms with van der Waals surface area (Å²) in [5.74, 6) is 0. The maximum absolute atomic E-state index is 4.86. The van der Waals surface area contributed by atoms with Crippen molar-refractivity contribution >= 4 is 17.3 Å². The molecule has 0 atom stereocenters. The minimum Gasteiger partial charge on any atom is -0.486 e. The molecule has 2 N–H and O–H groups in total. The SMILES string of the molecule is C[N-]C(N)=S.[Rb+]. The fourth-order valence-corrected chi connectivity index (χ4v) is 0. The third kappa shape index (κ3) is 9.09. The van der Waals surface area contributed by atoms with Crippen molar-refractivity contribution in [1.82, 2.24) is 0 Å². The first-order valence-electron chi connectivity index (χ1n) is 1.16. The number of rotatable bonds is 0. The summed E-state index contributed by atoms with van der Waals surface area (Å²) in [4.78, 5) is 0. The van der Waals surface area contributed by atoms with Crippen LogP contribution < -0.4 is 63.9 Å². The minimum atomic E-state index is 0. The number of nitrogens with two attached hydrogens (primary N) is 1. The number of hydrogen-bond acceptors (Lipinski definition) is 1. The van der Waals surface area contributed by atoms with Gasteiger partial charge in [-0.3, -0.25) is 0 Å². The first kappa shape index (κ1) is 10.5. The third-order valence-electron chi connectivity index (χ3n) is 0.220. The predicted octanol–water partition coefficient (Wildman–Crippen LogP) is -2.76. The van der Waals surface area contributed by atoms with E-state index in [4.69, 9.17) is 5.73 Å². The van der Waals surface area contributed by atoms with Crippen molar-refractivity contribution in [2.45, 2.75) is 0 Å². The Labute approximate surface area is 91.6 Å². The van der Waals surface area contributed by atoms with Crippen LogP contribution in [-0.2, 0) is 0 Å². The van der Waals surface area contributed by atoms with Gasteiger partial charge in [0.2, 0.25) is 0 Å². The molecule has 6 heavy (non-hydrogen) atoms. The summed E-state index contributed by atoms with van der Waals surface area (Å²) in [6, 6.07) is 0. The summed E-state index contributed by atoms with van der Waals surface area (Å²) in [5, 5.41) is 3.61. The monoisotopic (exact) mass is 174 g/mol. The van der Waals surface area contributed by atoms with E-state index >= 15 is 0 Å². The van der Waals surface area contributed by atoms with Gasteiger partial charge in [-0.15, -0.1) is 0 Å². The molecule has 4 heteroatoms. The van der Waals surface area contributed by atoms with Gasteiger partial charge in [-0.05, 0) is 5.11 Å². The van der Waals surface area contributed by atoms with Crippen molar-refractivity contribution in [2.24, 2.45) is 5.73 Å². The summed E-state index contributed by atoms with van der Waals surface area (Å²) >= 11 is 4.31. The molecule has 30 valence electrons. The largest absolute Gasteiger partial charge is 1.00 e. The van der Waals surface area contributed by atoms with E-state index in [2.05, 4.69) is 17.5 Å². The van der Waals surface area contributed by atoms with E-state index in [1.54, 1.807) is 7.05 Å². The molecule has 0 spiro atoms. The average molecular weight is 175 g/mol. The summed E-state index contributed by atoms with van der Waals surface area (Å²) in [6.45, 7) is 0. The molecule has 0 amide bonds. The number of nitrogens with zero attached hydrogens (tertiary/aromatic N) is 1. The summed E-state index contributed by atoms with van der Waals surface area (Å²) in [6.07, 6.45) is 0. The van der Waals surface area contributed by atoms with Crippen LogP contribution in [0.3, 0.4) is 0 Å². The Hall–Kier alpha value is 1.50. The smallest absolute Gasteiger partial charge is 0.486 e. The van der Waals surface area contributed by atoms with Crippen LogP contribution in [-0.4, -0.2) is 12.2 Å². The molecule has 0 unspecified atom stereocenters. The molecule has 0 aromatic rings. The van der Waals surface area contributed by atoms with Crippen molar-refractivity contribution in [3.8, 4) is 0 Å². The Kier molecular flexibility index (Phi) is 11.3. The Morgan fingerprint density at radius 1 is 1.83 bits per heavy atom. The normalized spacial score (nSPS) is 5.50. The molecule has 2 nitrogen and oxygen atoms in total. The first-order chi connectivity index (χ1) is 2.27. The van der Waals surface area contributed by atoms with Crippen LogP contribution >= 0.6 is 12.2 Å². The zero-order chi connectivity index (χ0) is 4.28. The van der Waals surface area contributed by atoms with Gasteiger partial charge < -0.3 is 11.1 Å². The molecule has 0 aromatic carbocycles. The molecule has 0 aliphatic carbocycles. The molecule has 0 aliphatic rings. The molecular formula is C2H5N2RbS. The van der Waals surface area contributed by atoms with Crippen LogP contribution in [0.2, 0.25) is 0 Å². The standard InChI is InChI=1S/C2H6N2S.Rb/c1-4-2(3)5;/h1H3,(H3,3,4,5);/q;+1/p-1. The zero-order valence-electron chi connectivity index (χ0n) is 3.93. The summed E-state index contributed by atoms with van der Waals surface area (Å²) < 4.78 is 0. The van der Waals surface area contributed by atoms with Crippen molar-refractivity contribution < 1.29 is 58.2 Å². The van der Waals surface area contributed by atoms with Crippen molar-refractivity contribution in [3.05, 3.63) is 5.32 Å². The second kappa shape index (κ2) is 6.50. The van der Waals surface area contributed by atoms with E-state index in [0.29, 0.717) is 0 Å². The quantitative estimate of drug-likeness (QED) is 0.404. The molecule has 0 saturated heterocycles. The molecule has 0 aromatic heterocycles. The molecule has 0 radical (unpaired) electrons. The molecule has 0 heterocycles. The Bertz CT molecular complexity index is 46.8. The third-order valence-corrected chi connectivity index (χ3v) is 0.403. The number of hydrogen-bond donors (Lipinski definition) is 1. The van der Waals surface area contributed by atoms with E-state index < -0.39 is 0 Å². The van der Waals surface area contributed by atoms with E-state index in [1.807, 2.05) is 0 Å². The molecule has 0 bridgehead atoms. The maximum Gasteiger partial charge on any atom is 1.00 e. The van der Waals surface area contributed by atoms with Crippen molar-refractivity contribution in [1.29, 1.82) is 0 Å². The van der Waals surface area contributed by atoms with Gasteiger partial charge in [0.25, 0.3) is 0 Å². The van der Waals surface area contributed by atoms with Gasteiger partial charge in [0, 0.05) is 0 Å². The minimum absolute atomic E-state index is 0. The number of thiocarbonyl (C=S) groups is 1. The predicted molar refractivity (Wildman–Crippen MR) is 26.1 cm³/mol. The van der Waals surface area contributed by atoms with E-state index in [0.717, 1.165) is 0 Å². The molecule has 0 saturated carbocycles. The van der Waals surface area contributed by atoms with Crippen molar-refractivity contribution in [2.75, 3.05) is 7.05 Å². The van der Waals surface area contributed by atoms with Gasteiger partial charge in [0.15, 0.2) is 0 Å². The van der Waals surface area contributed by atoms with Gasteiger partial charge in [0.05, 0.1) is 0 Å². The van der Waals surface area contributed by atoms with Crippen LogP contribution in [0, 0.1) is 0 Å². The van der Waals surface area contributed by atoms with Crippen LogP contribution in [0.15, 0.2) is 0 Å². The molecular weight excluding hydrogens is 170 g/mol. The second-order valence-corrected chi connectivity index (χ2v) is 0.980. The topological polar surface area (TPSA) is 40.1 Å². The molecule has 0 aliphatic heterocycles. The summed E-state index contributed by atoms with van der Waals surface area (Å²) in [5.41, 5.74) is 4.86. The fourth-order valence-electron chi connectivity index (χ4n) is 0. The second-order valence-electron chi connectivity index (χ2n) is 0.562. The van der Waals surface area contributed by atoms with Crippen LogP contribution in [0.25, 0.3) is 5.32 Å². The Morgan fingerprint density at radius 2 is 2.00 bits per heavy atom. The maximum atomic E-state index is 4.86. The zero-order valence-corrected chi connectivity index (χ0v) is 9.67. The fraction of sp³-hybridized carbons (Fsp3) is 0.500. The Morgan fingerprint density at radius 3 is 2.00 bits per heavy atom. The average Bonchev–Trinajstić information content (AvgIpc) is 1.38. The van der Waals surface area contributed by atoms with Gasteiger partial charge in [-0.25, -0.2) is 0 Å². The van der Waals surface area contributed by atoms with Gasteiger partial charge in [-0.2, -0.15) is 0 Å². The molecule has 0 fully saturated rings. The summed E-state index contributed by atoms with van der Waals surface area (Å²) in [7, 11) is 1.56.